The van der Waals surface area contributed by atoms with Crippen LogP contribution >= 0.6 is 0 Å². The summed E-state index contributed by atoms with van der Waals surface area (Å²) in [7, 11) is 0. The lowest BCUT2D eigenvalue weighted by Gasteiger charge is -2.25. The predicted molar refractivity (Wildman–Crippen MR) is 109 cm³/mol. The van der Waals surface area contributed by atoms with E-state index in [4.69, 9.17) is 5.11 Å². The number of rotatable bonds is 5. The van der Waals surface area contributed by atoms with Gasteiger partial charge in [-0.25, -0.2) is 4.39 Å². The molecule has 9 heteroatoms. The molecule has 0 aromatic heterocycles. The first-order chi connectivity index (χ1) is 14.8. The molecule has 3 amide bonds. The summed E-state index contributed by atoms with van der Waals surface area (Å²) in [6.07, 6.45) is -0.159. The molecule has 2 atom stereocenters. The lowest BCUT2D eigenvalue weighted by Crippen LogP contribution is -2.51. The van der Waals surface area contributed by atoms with Gasteiger partial charge in [0.1, 0.15) is 11.9 Å². The van der Waals surface area contributed by atoms with Gasteiger partial charge in [-0.05, 0) is 30.2 Å². The Morgan fingerprint density at radius 3 is 2.65 bits per heavy atom. The molecule has 31 heavy (non-hydrogen) atoms. The lowest BCUT2D eigenvalue weighted by atomic mass is 10.0. The molecular formula is C22H20FN3O5. The van der Waals surface area contributed by atoms with Crippen molar-refractivity contribution in [1.29, 1.82) is 0 Å². The maximum Gasteiger partial charge on any atom is 0.303 e. The molecule has 1 saturated heterocycles. The number of carboxylic acid groups (broad SMARTS) is 1. The van der Waals surface area contributed by atoms with E-state index in [1.165, 1.54) is 11.0 Å². The first-order valence-corrected chi connectivity index (χ1v) is 9.87. The molecule has 2 aliphatic rings. The fraction of sp³-hybridized carbons (Fsp3) is 0.273. The Kier molecular flexibility index (Phi) is 5.41. The summed E-state index contributed by atoms with van der Waals surface area (Å²) in [6, 6.07) is 9.43. The lowest BCUT2D eigenvalue weighted by molar-refractivity contribution is -0.139. The second-order valence-corrected chi connectivity index (χ2v) is 7.53. The van der Waals surface area contributed by atoms with Crippen LogP contribution in [0.15, 0.2) is 42.5 Å². The zero-order valence-corrected chi connectivity index (χ0v) is 16.4. The largest absolute Gasteiger partial charge is 0.481 e. The fourth-order valence-electron chi connectivity index (χ4n) is 4.05. The number of aliphatic carboxylic acids is 1. The molecule has 3 N–H and O–H groups in total. The van der Waals surface area contributed by atoms with Crippen molar-refractivity contribution in [3.8, 4) is 11.1 Å². The van der Waals surface area contributed by atoms with Crippen LogP contribution in [0.1, 0.15) is 29.6 Å². The monoisotopic (exact) mass is 425 g/mol. The average Bonchev–Trinajstić information content (AvgIpc) is 3.11. The Labute approximate surface area is 177 Å². The van der Waals surface area contributed by atoms with Crippen molar-refractivity contribution in [3.63, 3.8) is 0 Å². The first kappa shape index (κ1) is 20.5. The topological polar surface area (TPSA) is 116 Å². The summed E-state index contributed by atoms with van der Waals surface area (Å²) in [5.74, 6) is -2.83. The van der Waals surface area contributed by atoms with Crippen LogP contribution in [0.25, 0.3) is 11.1 Å². The van der Waals surface area contributed by atoms with Crippen molar-refractivity contribution in [2.75, 3.05) is 11.9 Å². The molecule has 2 heterocycles. The smallest absolute Gasteiger partial charge is 0.303 e. The van der Waals surface area contributed by atoms with E-state index in [0.717, 1.165) is 0 Å². The summed E-state index contributed by atoms with van der Waals surface area (Å²) in [6.45, 7) is 0.254. The number of carbonyl (C=O) groups excluding carboxylic acids is 3. The van der Waals surface area contributed by atoms with E-state index < -0.39 is 35.7 Å². The number of nitrogens with zero attached hydrogens (tertiary/aromatic N) is 1. The second-order valence-electron chi connectivity index (χ2n) is 7.53. The number of fused-ring (bicyclic) bond motifs is 2. The summed E-state index contributed by atoms with van der Waals surface area (Å²) < 4.78 is 14.2. The van der Waals surface area contributed by atoms with Crippen LogP contribution in [0.3, 0.4) is 0 Å². The van der Waals surface area contributed by atoms with Crippen LogP contribution in [0.4, 0.5) is 10.1 Å². The Bertz CT molecular complexity index is 1090. The Hall–Kier alpha value is -3.75. The van der Waals surface area contributed by atoms with E-state index in [9.17, 15) is 23.6 Å². The van der Waals surface area contributed by atoms with Gasteiger partial charge in [0.2, 0.25) is 11.8 Å². The number of carbonyl (C=O) groups is 4. The zero-order valence-electron chi connectivity index (χ0n) is 16.4. The number of anilines is 1. The molecule has 0 spiro atoms. The molecule has 2 aliphatic heterocycles. The normalized spacial score (nSPS) is 19.8. The van der Waals surface area contributed by atoms with E-state index in [-0.39, 0.29) is 30.9 Å². The van der Waals surface area contributed by atoms with E-state index in [1.54, 1.807) is 36.4 Å². The molecular weight excluding hydrogens is 405 g/mol. The fourth-order valence-corrected chi connectivity index (χ4v) is 4.05. The van der Waals surface area contributed by atoms with Gasteiger partial charge in [-0.1, -0.05) is 24.3 Å². The van der Waals surface area contributed by atoms with Gasteiger partial charge in [0.15, 0.2) is 0 Å². The van der Waals surface area contributed by atoms with Gasteiger partial charge in [-0.2, -0.15) is 0 Å². The minimum Gasteiger partial charge on any atom is -0.481 e. The maximum atomic E-state index is 14.2. The molecule has 0 unspecified atom stereocenters. The van der Waals surface area contributed by atoms with Crippen molar-refractivity contribution in [1.82, 2.24) is 10.2 Å². The molecule has 1 fully saturated rings. The predicted octanol–water partition coefficient (Wildman–Crippen LogP) is 2.01. The van der Waals surface area contributed by atoms with Gasteiger partial charge in [0.25, 0.3) is 5.91 Å². The average molecular weight is 425 g/mol. The van der Waals surface area contributed by atoms with Gasteiger partial charge in [0, 0.05) is 18.5 Å². The molecule has 8 nitrogen and oxygen atoms in total. The van der Waals surface area contributed by atoms with E-state index in [1.807, 2.05) is 0 Å². The molecule has 0 bridgehead atoms. The Balaban J connectivity index is 1.60. The molecule has 4 rings (SSSR count). The molecule has 160 valence electrons. The van der Waals surface area contributed by atoms with Crippen LogP contribution < -0.4 is 10.6 Å². The third kappa shape index (κ3) is 3.98. The van der Waals surface area contributed by atoms with Gasteiger partial charge in [-0.3, -0.25) is 19.2 Å². The van der Waals surface area contributed by atoms with E-state index in [0.29, 0.717) is 23.2 Å². The highest BCUT2D eigenvalue weighted by Gasteiger charge is 2.45. The standard InChI is InChI=1S/C22H20FN3O5/c23-15-4-2-1-3-13(15)12-5-6-16-14(11-12)22(31)26-10-9-17(20(26)21(30)25-16)24-18(27)7-8-19(28)29/h1-6,11,17,20H,7-10H2,(H,24,27)(H,25,30)(H,28,29)/t17-,20-/m0/s1. The number of nitrogens with one attached hydrogen (secondary N) is 2. The Morgan fingerprint density at radius 1 is 1.13 bits per heavy atom. The number of hydrogen-bond donors (Lipinski definition) is 3. The number of halogens is 1. The van der Waals surface area contributed by atoms with Crippen molar-refractivity contribution in [3.05, 3.63) is 53.8 Å². The molecule has 2 aromatic carbocycles. The van der Waals surface area contributed by atoms with Gasteiger partial charge >= 0.3 is 5.97 Å². The number of amides is 3. The van der Waals surface area contributed by atoms with Crippen molar-refractivity contribution in [2.24, 2.45) is 0 Å². The van der Waals surface area contributed by atoms with E-state index in [2.05, 4.69) is 10.6 Å². The SMILES string of the molecule is O=C(O)CCC(=O)N[C@H]1CCN2C(=O)c3cc(-c4ccccc4F)ccc3NC(=O)[C@H]12. The third-order valence-electron chi connectivity index (χ3n) is 5.53. The van der Waals surface area contributed by atoms with Gasteiger partial charge in [0.05, 0.1) is 23.7 Å². The Morgan fingerprint density at radius 2 is 1.90 bits per heavy atom. The van der Waals surface area contributed by atoms with Crippen LogP contribution in [0.5, 0.6) is 0 Å². The maximum absolute atomic E-state index is 14.2. The van der Waals surface area contributed by atoms with Gasteiger partial charge in [-0.15, -0.1) is 0 Å². The van der Waals surface area contributed by atoms with Crippen molar-refractivity contribution >= 4 is 29.4 Å². The third-order valence-corrected chi connectivity index (χ3v) is 5.53. The van der Waals surface area contributed by atoms with Crippen LogP contribution in [-0.4, -0.2) is 52.3 Å². The summed E-state index contributed by atoms with van der Waals surface area (Å²) >= 11 is 0. The van der Waals surface area contributed by atoms with E-state index >= 15 is 0 Å². The number of carboxylic acids is 1. The second kappa shape index (κ2) is 8.17. The molecule has 0 radical (unpaired) electrons. The van der Waals surface area contributed by atoms with Crippen LogP contribution in [0, 0.1) is 5.82 Å². The molecule has 0 aliphatic carbocycles. The highest BCUT2D eigenvalue weighted by molar-refractivity contribution is 6.11. The van der Waals surface area contributed by atoms with Crippen LogP contribution in [0.2, 0.25) is 0 Å². The van der Waals surface area contributed by atoms with Gasteiger partial charge < -0.3 is 20.6 Å². The highest BCUT2D eigenvalue weighted by Crippen LogP contribution is 2.33. The summed E-state index contributed by atoms with van der Waals surface area (Å²) in [5.41, 5.74) is 1.42. The quantitative estimate of drug-likeness (QED) is 0.678. The number of benzene rings is 2. The van der Waals surface area contributed by atoms with Crippen molar-refractivity contribution in [2.45, 2.75) is 31.3 Å². The minimum absolute atomic E-state index is 0.208. The van der Waals surface area contributed by atoms with Crippen LogP contribution in [-0.2, 0) is 14.4 Å². The molecule has 2 aromatic rings. The van der Waals surface area contributed by atoms with Crippen molar-refractivity contribution < 1.29 is 28.7 Å². The molecule has 0 saturated carbocycles. The number of hydrogen-bond acceptors (Lipinski definition) is 4. The first-order valence-electron chi connectivity index (χ1n) is 9.87. The zero-order chi connectivity index (χ0) is 22.1. The minimum atomic E-state index is -1.09. The highest BCUT2D eigenvalue weighted by atomic mass is 19.1. The summed E-state index contributed by atoms with van der Waals surface area (Å²) in [4.78, 5) is 50.2. The summed E-state index contributed by atoms with van der Waals surface area (Å²) in [5, 5.41) is 14.1.